The molecule has 2 rings (SSSR count). The van der Waals surface area contributed by atoms with Crippen LogP contribution in [0.25, 0.3) is 0 Å². The minimum absolute atomic E-state index is 0.157. The van der Waals surface area contributed by atoms with Crippen molar-refractivity contribution in [3.8, 4) is 0 Å². The molecule has 1 heterocycles. The molecule has 4 nitrogen and oxygen atoms in total. The van der Waals surface area contributed by atoms with E-state index >= 15 is 0 Å². The lowest BCUT2D eigenvalue weighted by Crippen LogP contribution is -2.42. The van der Waals surface area contributed by atoms with E-state index in [1.807, 2.05) is 38.1 Å². The number of ether oxygens (including phenoxy) is 1. The molecule has 5 heteroatoms. The number of carbonyl (C=O) groups is 2. The summed E-state index contributed by atoms with van der Waals surface area (Å²) < 4.78 is 5.94. The van der Waals surface area contributed by atoms with Crippen LogP contribution in [0.1, 0.15) is 19.4 Å². The molecular weight excluding hydrogens is 310 g/mol. The van der Waals surface area contributed by atoms with Crippen molar-refractivity contribution in [3.63, 3.8) is 0 Å². The van der Waals surface area contributed by atoms with Crippen LogP contribution in [0.5, 0.6) is 0 Å². The maximum Gasteiger partial charge on any atom is 0.416 e. The lowest BCUT2D eigenvalue weighted by atomic mass is 10.0. The van der Waals surface area contributed by atoms with E-state index in [-0.39, 0.29) is 24.3 Å². The zero-order chi connectivity index (χ0) is 14.0. The van der Waals surface area contributed by atoms with Crippen molar-refractivity contribution in [1.82, 2.24) is 4.90 Å². The summed E-state index contributed by atoms with van der Waals surface area (Å²) in [6.07, 6.45) is -0.313. The highest BCUT2D eigenvalue weighted by Crippen LogP contribution is 2.21. The van der Waals surface area contributed by atoms with Crippen molar-refractivity contribution >= 4 is 27.9 Å². The number of rotatable bonds is 3. The minimum Gasteiger partial charge on any atom is -0.447 e. The molecule has 0 N–H and O–H groups in total. The molecule has 2 amide bonds. The number of imide groups is 1. The van der Waals surface area contributed by atoms with Gasteiger partial charge in [0.2, 0.25) is 5.91 Å². The van der Waals surface area contributed by atoms with Gasteiger partial charge in [-0.15, -0.1) is 0 Å². The van der Waals surface area contributed by atoms with Crippen LogP contribution in [-0.2, 0) is 16.0 Å². The number of halogens is 1. The number of amides is 2. The Kier molecular flexibility index (Phi) is 4.24. The van der Waals surface area contributed by atoms with Gasteiger partial charge in [0.05, 0.1) is 12.5 Å². The third-order valence-electron chi connectivity index (χ3n) is 3.21. The van der Waals surface area contributed by atoms with Crippen LogP contribution in [0.3, 0.4) is 0 Å². The molecule has 0 aliphatic carbocycles. The van der Waals surface area contributed by atoms with Gasteiger partial charge in [0.15, 0.2) is 0 Å². The van der Waals surface area contributed by atoms with E-state index in [1.165, 1.54) is 4.90 Å². The smallest absolute Gasteiger partial charge is 0.416 e. The molecule has 1 aliphatic rings. The van der Waals surface area contributed by atoms with Crippen LogP contribution < -0.4 is 0 Å². The standard InChI is InChI=1S/C14H16BrNO3/c1-9(2)12-8-19-14(18)16(12)13(17)7-10-3-5-11(15)6-4-10/h3-6,9,12H,7-8H2,1-2H3/t12-/m1/s1. The van der Waals surface area contributed by atoms with E-state index in [9.17, 15) is 9.59 Å². The molecule has 0 radical (unpaired) electrons. The van der Waals surface area contributed by atoms with E-state index in [0.717, 1.165) is 10.0 Å². The largest absolute Gasteiger partial charge is 0.447 e. The highest BCUT2D eigenvalue weighted by Gasteiger charge is 2.39. The Hall–Kier alpha value is -1.36. The predicted molar refractivity (Wildman–Crippen MR) is 74.7 cm³/mol. The zero-order valence-electron chi connectivity index (χ0n) is 10.9. The van der Waals surface area contributed by atoms with Gasteiger partial charge in [-0.25, -0.2) is 9.69 Å². The molecule has 1 aliphatic heterocycles. The maximum atomic E-state index is 12.2. The summed E-state index contributed by atoms with van der Waals surface area (Å²) in [7, 11) is 0. The number of benzene rings is 1. The topological polar surface area (TPSA) is 46.6 Å². The average molecular weight is 326 g/mol. The van der Waals surface area contributed by atoms with Gasteiger partial charge in [-0.3, -0.25) is 4.79 Å². The second-order valence-electron chi connectivity index (χ2n) is 4.96. The number of hydrogen-bond acceptors (Lipinski definition) is 3. The van der Waals surface area contributed by atoms with Gasteiger partial charge >= 0.3 is 6.09 Å². The first-order valence-corrected chi connectivity index (χ1v) is 7.01. The molecule has 1 saturated heterocycles. The highest BCUT2D eigenvalue weighted by molar-refractivity contribution is 9.10. The van der Waals surface area contributed by atoms with E-state index < -0.39 is 6.09 Å². The summed E-state index contributed by atoms with van der Waals surface area (Å²) >= 11 is 3.35. The second-order valence-corrected chi connectivity index (χ2v) is 5.87. The molecule has 102 valence electrons. The zero-order valence-corrected chi connectivity index (χ0v) is 12.5. The molecular formula is C14H16BrNO3. The van der Waals surface area contributed by atoms with Crippen LogP contribution in [0.15, 0.2) is 28.7 Å². The first-order valence-electron chi connectivity index (χ1n) is 6.22. The summed E-state index contributed by atoms with van der Waals surface area (Å²) in [5.74, 6) is -0.0103. The highest BCUT2D eigenvalue weighted by atomic mass is 79.9. The summed E-state index contributed by atoms with van der Waals surface area (Å²) in [6, 6.07) is 7.34. The van der Waals surface area contributed by atoms with Crippen LogP contribution in [0, 0.1) is 5.92 Å². The number of hydrogen-bond donors (Lipinski definition) is 0. The third-order valence-corrected chi connectivity index (χ3v) is 3.74. The Morgan fingerprint density at radius 1 is 1.42 bits per heavy atom. The van der Waals surface area contributed by atoms with Crippen molar-refractivity contribution in [3.05, 3.63) is 34.3 Å². The van der Waals surface area contributed by atoms with Crippen LogP contribution in [-0.4, -0.2) is 29.5 Å². The lowest BCUT2D eigenvalue weighted by molar-refractivity contribution is -0.129. The van der Waals surface area contributed by atoms with Crippen molar-refractivity contribution in [1.29, 1.82) is 0 Å². The first-order chi connectivity index (χ1) is 8.99. The Bertz CT molecular complexity index is 484. The lowest BCUT2D eigenvalue weighted by Gasteiger charge is -2.22. The van der Waals surface area contributed by atoms with Crippen molar-refractivity contribution in [2.45, 2.75) is 26.3 Å². The van der Waals surface area contributed by atoms with Crippen LogP contribution >= 0.6 is 15.9 Å². The fraction of sp³-hybridized carbons (Fsp3) is 0.429. The number of cyclic esters (lactones) is 1. The SMILES string of the molecule is CC(C)[C@H]1COC(=O)N1C(=O)Cc1ccc(Br)cc1. The van der Waals surface area contributed by atoms with Crippen LogP contribution in [0.2, 0.25) is 0 Å². The third kappa shape index (κ3) is 3.15. The molecule has 0 aromatic heterocycles. The van der Waals surface area contributed by atoms with Gasteiger partial charge in [-0.05, 0) is 23.6 Å². The normalized spacial score (nSPS) is 18.8. The van der Waals surface area contributed by atoms with Gasteiger partial charge in [0, 0.05) is 4.47 Å². The van der Waals surface area contributed by atoms with Crippen molar-refractivity contribution in [2.75, 3.05) is 6.61 Å². The van der Waals surface area contributed by atoms with Gasteiger partial charge < -0.3 is 4.74 Å². The number of carbonyl (C=O) groups excluding carboxylic acids is 2. The van der Waals surface area contributed by atoms with E-state index in [0.29, 0.717) is 6.61 Å². The van der Waals surface area contributed by atoms with E-state index in [2.05, 4.69) is 15.9 Å². The molecule has 1 fully saturated rings. The second kappa shape index (κ2) is 5.74. The van der Waals surface area contributed by atoms with Gasteiger partial charge in [-0.2, -0.15) is 0 Å². The first kappa shape index (κ1) is 14.1. The maximum absolute atomic E-state index is 12.2. The summed E-state index contributed by atoms with van der Waals surface area (Å²) in [6.45, 7) is 4.25. The summed E-state index contributed by atoms with van der Waals surface area (Å²) in [4.78, 5) is 25.1. The van der Waals surface area contributed by atoms with E-state index in [1.54, 1.807) is 0 Å². The fourth-order valence-electron chi connectivity index (χ4n) is 2.08. The van der Waals surface area contributed by atoms with Crippen molar-refractivity contribution in [2.24, 2.45) is 5.92 Å². The summed E-state index contributed by atoms with van der Waals surface area (Å²) in [5, 5.41) is 0. The Morgan fingerprint density at radius 2 is 2.05 bits per heavy atom. The Morgan fingerprint density at radius 3 is 2.63 bits per heavy atom. The Balaban J connectivity index is 2.10. The summed E-state index contributed by atoms with van der Waals surface area (Å²) in [5.41, 5.74) is 0.885. The van der Waals surface area contributed by atoms with Gasteiger partial charge in [-0.1, -0.05) is 41.9 Å². The molecule has 1 atom stereocenters. The van der Waals surface area contributed by atoms with Crippen LogP contribution in [0.4, 0.5) is 4.79 Å². The van der Waals surface area contributed by atoms with Gasteiger partial charge in [0.1, 0.15) is 6.61 Å². The fourth-order valence-corrected chi connectivity index (χ4v) is 2.34. The van der Waals surface area contributed by atoms with Crippen molar-refractivity contribution < 1.29 is 14.3 Å². The quantitative estimate of drug-likeness (QED) is 0.858. The molecule has 1 aromatic rings. The number of nitrogens with zero attached hydrogens (tertiary/aromatic N) is 1. The average Bonchev–Trinajstić information content (AvgIpc) is 2.74. The monoisotopic (exact) mass is 325 g/mol. The van der Waals surface area contributed by atoms with E-state index in [4.69, 9.17) is 4.74 Å². The van der Waals surface area contributed by atoms with Gasteiger partial charge in [0.25, 0.3) is 0 Å². The molecule has 0 unspecified atom stereocenters. The predicted octanol–water partition coefficient (Wildman–Crippen LogP) is 3.00. The molecule has 1 aromatic carbocycles. The molecule has 0 saturated carbocycles. The minimum atomic E-state index is -0.527. The molecule has 0 spiro atoms. The Labute approximate surface area is 120 Å². The molecule has 0 bridgehead atoms. The molecule has 19 heavy (non-hydrogen) atoms.